The van der Waals surface area contributed by atoms with Gasteiger partial charge >= 0.3 is 0 Å². The van der Waals surface area contributed by atoms with Crippen molar-refractivity contribution in [3.05, 3.63) is 30.3 Å². The highest BCUT2D eigenvalue weighted by atomic mass is 16.6. The van der Waals surface area contributed by atoms with Crippen molar-refractivity contribution in [2.75, 3.05) is 20.2 Å². The second-order valence-corrected chi connectivity index (χ2v) is 5.28. The first-order valence-electron chi connectivity index (χ1n) is 6.88. The van der Waals surface area contributed by atoms with Crippen LogP contribution in [0.15, 0.2) is 30.3 Å². The van der Waals surface area contributed by atoms with Gasteiger partial charge in [-0.05, 0) is 44.9 Å². The summed E-state index contributed by atoms with van der Waals surface area (Å²) in [5.74, 6) is 0.952. The van der Waals surface area contributed by atoms with Gasteiger partial charge in [0.1, 0.15) is 11.9 Å². The molecular formula is C15H21NO2. The fourth-order valence-corrected chi connectivity index (χ4v) is 3.17. The molecule has 1 saturated carbocycles. The zero-order valence-electron chi connectivity index (χ0n) is 11.0. The van der Waals surface area contributed by atoms with Gasteiger partial charge in [-0.2, -0.15) is 0 Å². The van der Waals surface area contributed by atoms with Crippen LogP contribution in [0, 0.1) is 0 Å². The number of rotatable bonds is 2. The molecule has 3 heteroatoms. The second-order valence-electron chi connectivity index (χ2n) is 5.28. The zero-order valence-corrected chi connectivity index (χ0v) is 11.0. The van der Waals surface area contributed by atoms with Crippen molar-refractivity contribution >= 4 is 0 Å². The van der Waals surface area contributed by atoms with E-state index < -0.39 is 0 Å². The Morgan fingerprint density at radius 2 is 2.11 bits per heavy atom. The molecule has 0 bridgehead atoms. The second kappa shape index (κ2) is 4.90. The van der Waals surface area contributed by atoms with Gasteiger partial charge in [-0.1, -0.05) is 18.2 Å². The molecule has 0 N–H and O–H groups in total. The van der Waals surface area contributed by atoms with Crippen molar-refractivity contribution in [1.29, 1.82) is 0 Å². The Hall–Kier alpha value is -1.06. The van der Waals surface area contributed by atoms with Crippen LogP contribution >= 0.6 is 0 Å². The van der Waals surface area contributed by atoms with Gasteiger partial charge in [0.05, 0.1) is 6.61 Å². The lowest BCUT2D eigenvalue weighted by Gasteiger charge is -2.44. The van der Waals surface area contributed by atoms with Crippen molar-refractivity contribution in [1.82, 2.24) is 4.90 Å². The Kier molecular flexibility index (Phi) is 3.27. The van der Waals surface area contributed by atoms with Gasteiger partial charge < -0.3 is 9.47 Å². The summed E-state index contributed by atoms with van der Waals surface area (Å²) in [5, 5.41) is 0. The topological polar surface area (TPSA) is 21.7 Å². The number of nitrogens with zero attached hydrogens (tertiary/aromatic N) is 1. The number of ether oxygens (including phenoxy) is 2. The van der Waals surface area contributed by atoms with Gasteiger partial charge in [0.25, 0.3) is 0 Å². The van der Waals surface area contributed by atoms with Crippen molar-refractivity contribution < 1.29 is 9.47 Å². The van der Waals surface area contributed by atoms with Gasteiger partial charge in [0.15, 0.2) is 5.72 Å². The Labute approximate surface area is 109 Å². The molecule has 1 aliphatic carbocycles. The third kappa shape index (κ3) is 2.02. The predicted octanol–water partition coefficient (Wildman–Crippen LogP) is 2.67. The smallest absolute Gasteiger partial charge is 0.158 e. The molecule has 0 amide bonds. The van der Waals surface area contributed by atoms with Crippen LogP contribution in [0.25, 0.3) is 0 Å². The Balaban J connectivity index is 1.80. The lowest BCUT2D eigenvalue weighted by Crippen LogP contribution is -2.56. The highest BCUT2D eigenvalue weighted by Crippen LogP contribution is 2.39. The molecule has 2 atom stereocenters. The summed E-state index contributed by atoms with van der Waals surface area (Å²) in [6.45, 7) is 1.83. The largest absolute Gasteiger partial charge is 0.486 e. The third-order valence-corrected chi connectivity index (χ3v) is 4.20. The minimum atomic E-state index is -0.186. The number of hydrogen-bond acceptors (Lipinski definition) is 3. The first kappa shape index (κ1) is 12.0. The van der Waals surface area contributed by atoms with Gasteiger partial charge in [-0.3, -0.25) is 4.90 Å². The first-order chi connectivity index (χ1) is 8.81. The molecule has 1 aromatic carbocycles. The molecule has 1 spiro atoms. The average molecular weight is 247 g/mol. The standard InChI is InChI=1S/C15H21NO2/c1-16-11-12-17-15(16)10-6-5-9-14(15)18-13-7-3-2-4-8-13/h2-4,7-8,14H,5-6,9-12H2,1H3/t14-,15+/m1/s1. The van der Waals surface area contributed by atoms with Crippen LogP contribution in [0.2, 0.25) is 0 Å². The normalized spacial score (nSPS) is 32.8. The number of benzene rings is 1. The van der Waals surface area contributed by atoms with E-state index in [1.54, 1.807) is 0 Å². The van der Waals surface area contributed by atoms with Crippen molar-refractivity contribution in [2.45, 2.75) is 37.5 Å². The summed E-state index contributed by atoms with van der Waals surface area (Å²) < 4.78 is 12.3. The molecule has 1 saturated heterocycles. The van der Waals surface area contributed by atoms with Gasteiger partial charge in [-0.25, -0.2) is 0 Å². The van der Waals surface area contributed by atoms with E-state index in [-0.39, 0.29) is 11.8 Å². The molecule has 1 aliphatic heterocycles. The first-order valence-corrected chi connectivity index (χ1v) is 6.88. The van der Waals surface area contributed by atoms with Crippen LogP contribution in [0.4, 0.5) is 0 Å². The van der Waals surface area contributed by atoms with E-state index in [0.29, 0.717) is 0 Å². The van der Waals surface area contributed by atoms with E-state index in [4.69, 9.17) is 9.47 Å². The van der Waals surface area contributed by atoms with E-state index in [2.05, 4.69) is 11.9 Å². The highest BCUT2D eigenvalue weighted by molar-refractivity contribution is 5.22. The monoisotopic (exact) mass is 247 g/mol. The zero-order chi connectivity index (χ0) is 12.4. The Morgan fingerprint density at radius 3 is 2.83 bits per heavy atom. The van der Waals surface area contributed by atoms with Crippen LogP contribution in [-0.4, -0.2) is 36.9 Å². The van der Waals surface area contributed by atoms with Crippen LogP contribution < -0.4 is 4.74 Å². The fraction of sp³-hybridized carbons (Fsp3) is 0.600. The summed E-state index contributed by atoms with van der Waals surface area (Å²) in [4.78, 5) is 2.33. The molecule has 1 aromatic rings. The van der Waals surface area contributed by atoms with E-state index >= 15 is 0 Å². The van der Waals surface area contributed by atoms with Crippen LogP contribution in [0.1, 0.15) is 25.7 Å². The van der Waals surface area contributed by atoms with E-state index in [1.165, 1.54) is 12.8 Å². The van der Waals surface area contributed by atoms with Gasteiger partial charge in [-0.15, -0.1) is 0 Å². The lowest BCUT2D eigenvalue weighted by molar-refractivity contribution is -0.162. The van der Waals surface area contributed by atoms with Crippen LogP contribution in [-0.2, 0) is 4.74 Å². The molecule has 0 radical (unpaired) electrons. The predicted molar refractivity (Wildman–Crippen MR) is 70.6 cm³/mol. The molecule has 3 rings (SSSR count). The molecular weight excluding hydrogens is 226 g/mol. The number of para-hydroxylation sites is 1. The number of hydrogen-bond donors (Lipinski definition) is 0. The van der Waals surface area contributed by atoms with Crippen LogP contribution in [0.3, 0.4) is 0 Å². The van der Waals surface area contributed by atoms with Crippen molar-refractivity contribution in [3.8, 4) is 5.75 Å². The fourth-order valence-electron chi connectivity index (χ4n) is 3.17. The summed E-state index contributed by atoms with van der Waals surface area (Å²) >= 11 is 0. The molecule has 3 nitrogen and oxygen atoms in total. The maximum Gasteiger partial charge on any atom is 0.158 e. The summed E-state index contributed by atoms with van der Waals surface area (Å²) in [7, 11) is 2.15. The van der Waals surface area contributed by atoms with Crippen molar-refractivity contribution in [2.24, 2.45) is 0 Å². The SMILES string of the molecule is CN1CCO[C@]12CCCC[C@H]2Oc1ccccc1. The van der Waals surface area contributed by atoms with E-state index in [9.17, 15) is 0 Å². The maximum absolute atomic E-state index is 6.20. The molecule has 18 heavy (non-hydrogen) atoms. The van der Waals surface area contributed by atoms with Crippen molar-refractivity contribution in [3.63, 3.8) is 0 Å². The Bertz CT molecular complexity index is 395. The summed E-state index contributed by atoms with van der Waals surface area (Å²) in [6, 6.07) is 10.1. The van der Waals surface area contributed by atoms with Gasteiger partial charge in [0, 0.05) is 6.54 Å². The molecule has 2 aliphatic rings. The third-order valence-electron chi connectivity index (χ3n) is 4.20. The molecule has 1 heterocycles. The summed E-state index contributed by atoms with van der Waals surface area (Å²) in [5.41, 5.74) is -0.186. The van der Waals surface area contributed by atoms with Gasteiger partial charge in [0.2, 0.25) is 0 Å². The Morgan fingerprint density at radius 1 is 1.28 bits per heavy atom. The molecule has 0 unspecified atom stereocenters. The van der Waals surface area contributed by atoms with E-state index in [1.807, 2.05) is 30.3 Å². The maximum atomic E-state index is 6.20. The lowest BCUT2D eigenvalue weighted by atomic mass is 9.88. The average Bonchev–Trinajstić information content (AvgIpc) is 2.76. The minimum absolute atomic E-state index is 0.154. The quantitative estimate of drug-likeness (QED) is 0.802. The minimum Gasteiger partial charge on any atom is -0.486 e. The molecule has 98 valence electrons. The molecule has 2 fully saturated rings. The highest BCUT2D eigenvalue weighted by Gasteiger charge is 2.49. The molecule has 0 aromatic heterocycles. The van der Waals surface area contributed by atoms with E-state index in [0.717, 1.165) is 31.7 Å². The summed E-state index contributed by atoms with van der Waals surface area (Å²) in [6.07, 6.45) is 4.79. The van der Waals surface area contributed by atoms with Crippen LogP contribution in [0.5, 0.6) is 5.75 Å². The number of likely N-dealkylation sites (N-methyl/N-ethyl adjacent to an activating group) is 1.